The highest BCUT2D eigenvalue weighted by molar-refractivity contribution is 5.73. The summed E-state index contributed by atoms with van der Waals surface area (Å²) in [6, 6.07) is 1.77. The molecule has 17 heavy (non-hydrogen) atoms. The number of anilines is 1. The van der Waals surface area contributed by atoms with Crippen molar-refractivity contribution in [3.05, 3.63) is 18.5 Å². The van der Waals surface area contributed by atoms with Gasteiger partial charge in [0.05, 0.1) is 5.92 Å². The molecule has 5 nitrogen and oxygen atoms in total. The largest absolute Gasteiger partial charge is 0.481 e. The number of aliphatic carboxylic acids is 1. The van der Waals surface area contributed by atoms with Crippen LogP contribution < -0.4 is 4.90 Å². The summed E-state index contributed by atoms with van der Waals surface area (Å²) in [4.78, 5) is 21.7. The van der Waals surface area contributed by atoms with Gasteiger partial charge in [-0.1, -0.05) is 6.42 Å². The zero-order valence-electron chi connectivity index (χ0n) is 9.54. The van der Waals surface area contributed by atoms with Crippen LogP contribution in [0.25, 0.3) is 0 Å². The average Bonchev–Trinajstić information content (AvgIpc) is 2.70. The summed E-state index contributed by atoms with van der Waals surface area (Å²) in [7, 11) is 0. The lowest BCUT2D eigenvalue weighted by Crippen LogP contribution is -2.40. The Morgan fingerprint density at radius 2 is 2.12 bits per heavy atom. The quantitative estimate of drug-likeness (QED) is 0.830. The van der Waals surface area contributed by atoms with Gasteiger partial charge in [-0.15, -0.1) is 0 Å². The number of hydrogen-bond acceptors (Lipinski definition) is 4. The van der Waals surface area contributed by atoms with E-state index in [0.29, 0.717) is 12.5 Å². The highest BCUT2D eigenvalue weighted by Gasteiger charge is 2.54. The van der Waals surface area contributed by atoms with Crippen molar-refractivity contribution < 1.29 is 9.90 Å². The number of carboxylic acid groups (broad SMARTS) is 1. The Hall–Kier alpha value is -1.65. The van der Waals surface area contributed by atoms with Crippen molar-refractivity contribution in [1.29, 1.82) is 0 Å². The lowest BCUT2D eigenvalue weighted by Gasteiger charge is -2.40. The molecule has 0 aromatic carbocycles. The molecular formula is C12H15N3O2. The summed E-state index contributed by atoms with van der Waals surface area (Å²) in [6.45, 7) is 1.33. The van der Waals surface area contributed by atoms with Gasteiger partial charge in [0.15, 0.2) is 0 Å². The van der Waals surface area contributed by atoms with Crippen molar-refractivity contribution >= 4 is 11.9 Å². The topological polar surface area (TPSA) is 66.3 Å². The highest BCUT2D eigenvalue weighted by Crippen LogP contribution is 2.52. The maximum atomic E-state index is 11.3. The average molecular weight is 233 g/mol. The first-order valence-corrected chi connectivity index (χ1v) is 5.96. The smallest absolute Gasteiger partial charge is 0.308 e. The van der Waals surface area contributed by atoms with Crippen molar-refractivity contribution in [3.63, 3.8) is 0 Å². The second-order valence-electron chi connectivity index (χ2n) is 5.04. The van der Waals surface area contributed by atoms with Crippen LogP contribution in [0.5, 0.6) is 0 Å². The number of carbonyl (C=O) groups is 1. The van der Waals surface area contributed by atoms with Gasteiger partial charge in [-0.05, 0) is 18.9 Å². The first-order chi connectivity index (χ1) is 8.21. The van der Waals surface area contributed by atoms with Gasteiger partial charge in [0.25, 0.3) is 0 Å². The predicted octanol–water partition coefficient (Wildman–Crippen LogP) is 1.17. The molecule has 1 atom stereocenters. The Labute approximate surface area is 99.5 Å². The maximum Gasteiger partial charge on any atom is 0.308 e. The van der Waals surface area contributed by atoms with E-state index in [4.69, 9.17) is 0 Å². The molecule has 0 radical (unpaired) electrons. The lowest BCUT2D eigenvalue weighted by molar-refractivity contribution is -0.146. The number of nitrogens with zero attached hydrogens (tertiary/aromatic N) is 3. The van der Waals surface area contributed by atoms with Crippen LogP contribution in [0.4, 0.5) is 5.95 Å². The van der Waals surface area contributed by atoms with Gasteiger partial charge >= 0.3 is 5.97 Å². The van der Waals surface area contributed by atoms with Crippen LogP contribution >= 0.6 is 0 Å². The Morgan fingerprint density at radius 3 is 2.59 bits per heavy atom. The first-order valence-electron chi connectivity index (χ1n) is 5.96. The van der Waals surface area contributed by atoms with Gasteiger partial charge in [-0.2, -0.15) is 0 Å². The van der Waals surface area contributed by atoms with Crippen LogP contribution in [0.1, 0.15) is 19.3 Å². The van der Waals surface area contributed by atoms with Gasteiger partial charge < -0.3 is 10.0 Å². The van der Waals surface area contributed by atoms with E-state index in [2.05, 4.69) is 9.97 Å². The minimum absolute atomic E-state index is 0.0228. The van der Waals surface area contributed by atoms with E-state index < -0.39 is 5.97 Å². The van der Waals surface area contributed by atoms with Gasteiger partial charge in [0.2, 0.25) is 5.95 Å². The van der Waals surface area contributed by atoms with Crippen molar-refractivity contribution in [1.82, 2.24) is 9.97 Å². The van der Waals surface area contributed by atoms with Crippen molar-refractivity contribution in [2.75, 3.05) is 18.0 Å². The molecule has 1 aliphatic carbocycles. The predicted molar refractivity (Wildman–Crippen MR) is 61.7 cm³/mol. The summed E-state index contributed by atoms with van der Waals surface area (Å²) in [5, 5.41) is 9.31. The van der Waals surface area contributed by atoms with Gasteiger partial charge in [0.1, 0.15) is 0 Å². The van der Waals surface area contributed by atoms with Gasteiger partial charge in [0, 0.05) is 30.9 Å². The fourth-order valence-corrected chi connectivity index (χ4v) is 3.05. The Balaban J connectivity index is 1.85. The van der Waals surface area contributed by atoms with E-state index >= 15 is 0 Å². The molecule has 1 aromatic heterocycles. The third-order valence-electron chi connectivity index (χ3n) is 4.13. The minimum atomic E-state index is -0.678. The monoisotopic (exact) mass is 233 g/mol. The second kappa shape index (κ2) is 3.68. The molecule has 2 fully saturated rings. The molecule has 3 rings (SSSR count). The fraction of sp³-hybridized carbons (Fsp3) is 0.583. The zero-order chi connectivity index (χ0) is 11.9. The van der Waals surface area contributed by atoms with E-state index in [-0.39, 0.29) is 11.3 Å². The minimum Gasteiger partial charge on any atom is -0.481 e. The molecule has 0 amide bonds. The number of hydrogen-bond donors (Lipinski definition) is 1. The molecule has 0 bridgehead atoms. The molecule has 1 spiro atoms. The van der Waals surface area contributed by atoms with E-state index in [1.807, 2.05) is 4.90 Å². The molecular weight excluding hydrogens is 218 g/mol. The van der Waals surface area contributed by atoms with Crippen molar-refractivity contribution in [3.8, 4) is 0 Å². The second-order valence-corrected chi connectivity index (χ2v) is 5.04. The summed E-state index contributed by atoms with van der Waals surface area (Å²) in [5.41, 5.74) is -0.0228. The Kier molecular flexibility index (Phi) is 2.28. The maximum absolute atomic E-state index is 11.3. The fourth-order valence-electron chi connectivity index (χ4n) is 3.05. The molecule has 2 heterocycles. The number of rotatable bonds is 2. The molecule has 1 saturated carbocycles. The SMILES string of the molecule is O=C(O)[C@@H]1CN(c2ncccn2)CC12CCC2. The van der Waals surface area contributed by atoms with E-state index in [9.17, 15) is 9.90 Å². The van der Waals surface area contributed by atoms with Gasteiger partial charge in [-0.3, -0.25) is 4.79 Å². The van der Waals surface area contributed by atoms with Crippen molar-refractivity contribution in [2.24, 2.45) is 11.3 Å². The van der Waals surface area contributed by atoms with Crippen LogP contribution in [0.15, 0.2) is 18.5 Å². The van der Waals surface area contributed by atoms with E-state index in [1.54, 1.807) is 18.5 Å². The molecule has 0 unspecified atom stereocenters. The first kappa shape index (κ1) is 10.5. The molecule has 90 valence electrons. The standard InChI is InChI=1S/C12H15N3O2/c16-10(17)9-7-15(8-12(9)3-1-4-12)11-13-5-2-6-14-11/h2,5-6,9H,1,3-4,7-8H2,(H,16,17)/t9-/m0/s1. The Morgan fingerprint density at radius 1 is 1.41 bits per heavy atom. The summed E-state index contributed by atoms with van der Waals surface area (Å²) in [5.74, 6) is -0.286. The van der Waals surface area contributed by atoms with Crippen LogP contribution in [-0.4, -0.2) is 34.1 Å². The van der Waals surface area contributed by atoms with Crippen LogP contribution in [-0.2, 0) is 4.79 Å². The third kappa shape index (κ3) is 1.57. The number of aromatic nitrogens is 2. The third-order valence-corrected chi connectivity index (χ3v) is 4.13. The molecule has 1 saturated heterocycles. The van der Waals surface area contributed by atoms with E-state index in [1.165, 1.54) is 0 Å². The van der Waals surface area contributed by atoms with Crippen LogP contribution in [0.2, 0.25) is 0 Å². The summed E-state index contributed by atoms with van der Waals surface area (Å²) >= 11 is 0. The van der Waals surface area contributed by atoms with E-state index in [0.717, 1.165) is 25.8 Å². The summed E-state index contributed by atoms with van der Waals surface area (Å²) < 4.78 is 0. The molecule has 1 aliphatic heterocycles. The molecule has 5 heteroatoms. The molecule has 1 aromatic rings. The highest BCUT2D eigenvalue weighted by atomic mass is 16.4. The molecule has 2 aliphatic rings. The zero-order valence-corrected chi connectivity index (χ0v) is 9.54. The molecule has 1 N–H and O–H groups in total. The normalized spacial score (nSPS) is 25.9. The number of carboxylic acids is 1. The van der Waals surface area contributed by atoms with Crippen LogP contribution in [0.3, 0.4) is 0 Å². The van der Waals surface area contributed by atoms with Crippen LogP contribution in [0, 0.1) is 11.3 Å². The van der Waals surface area contributed by atoms with Gasteiger partial charge in [-0.25, -0.2) is 9.97 Å². The Bertz CT molecular complexity index is 431. The summed E-state index contributed by atoms with van der Waals surface area (Å²) in [6.07, 6.45) is 6.58. The van der Waals surface area contributed by atoms with Crippen molar-refractivity contribution in [2.45, 2.75) is 19.3 Å². The lowest BCUT2D eigenvalue weighted by atomic mass is 9.63.